The van der Waals surface area contributed by atoms with Crippen molar-refractivity contribution < 1.29 is 10.2 Å². The van der Waals surface area contributed by atoms with Gasteiger partial charge in [0.25, 0.3) is 0 Å². The van der Waals surface area contributed by atoms with Crippen LogP contribution in [0.1, 0.15) is 88.7 Å². The Bertz CT molecular complexity index is 822. The molecule has 4 N–H and O–H groups in total. The molecular weight excluding hydrogens is 408 g/mol. The van der Waals surface area contributed by atoms with E-state index >= 15 is 0 Å². The zero-order valence-electron chi connectivity index (χ0n) is 21.0. The Morgan fingerprint density at radius 2 is 2.00 bits per heavy atom. The summed E-state index contributed by atoms with van der Waals surface area (Å²) in [4.78, 5) is 0. The maximum Gasteiger partial charge on any atom is 0.115 e. The second-order valence-corrected chi connectivity index (χ2v) is 12.3. The first-order chi connectivity index (χ1) is 15.9. The number of phenols is 1. The van der Waals surface area contributed by atoms with Crippen molar-refractivity contribution >= 4 is 0 Å². The Morgan fingerprint density at radius 3 is 2.79 bits per heavy atom. The van der Waals surface area contributed by atoms with Crippen LogP contribution < -0.4 is 10.6 Å². The van der Waals surface area contributed by atoms with Crippen molar-refractivity contribution in [3.8, 4) is 5.75 Å². The molecule has 0 spiro atoms. The topological polar surface area (TPSA) is 64.5 Å². The van der Waals surface area contributed by atoms with Gasteiger partial charge in [0.15, 0.2) is 0 Å². The van der Waals surface area contributed by atoms with E-state index in [0.29, 0.717) is 35.5 Å². The fraction of sp³-hybridized carbons (Fsp3) is 0.793. The molecule has 0 radical (unpaired) electrons. The van der Waals surface area contributed by atoms with Gasteiger partial charge in [0.1, 0.15) is 5.75 Å². The van der Waals surface area contributed by atoms with Gasteiger partial charge in [-0.2, -0.15) is 0 Å². The lowest BCUT2D eigenvalue weighted by molar-refractivity contribution is -0.0395. The highest BCUT2D eigenvalue weighted by Crippen LogP contribution is 2.62. The number of nitrogens with one attached hydrogen (secondary N) is 2. The van der Waals surface area contributed by atoms with Gasteiger partial charge >= 0.3 is 0 Å². The maximum absolute atomic E-state index is 10.8. The van der Waals surface area contributed by atoms with Gasteiger partial charge in [-0.1, -0.05) is 13.0 Å². The summed E-state index contributed by atoms with van der Waals surface area (Å²) >= 11 is 0. The lowest BCUT2D eigenvalue weighted by atomic mass is 9.52. The van der Waals surface area contributed by atoms with Crippen molar-refractivity contribution in [1.29, 1.82) is 0 Å². The molecule has 0 heterocycles. The number of aliphatic hydroxyl groups is 1. The molecule has 0 aromatic heterocycles. The summed E-state index contributed by atoms with van der Waals surface area (Å²) in [5.74, 6) is 3.92. The van der Waals surface area contributed by atoms with E-state index in [0.717, 1.165) is 37.8 Å². The molecule has 0 amide bonds. The van der Waals surface area contributed by atoms with Gasteiger partial charge in [0.2, 0.25) is 0 Å². The van der Waals surface area contributed by atoms with Gasteiger partial charge in [0.05, 0.1) is 6.10 Å². The van der Waals surface area contributed by atoms with Crippen LogP contribution in [0.3, 0.4) is 0 Å². The molecule has 4 aliphatic carbocycles. The lowest BCUT2D eigenvalue weighted by Gasteiger charge is -2.53. The minimum Gasteiger partial charge on any atom is -0.508 e. The van der Waals surface area contributed by atoms with Crippen molar-refractivity contribution in [1.82, 2.24) is 10.6 Å². The summed E-state index contributed by atoms with van der Waals surface area (Å²) in [6.07, 6.45) is 12.0. The standard InChI is InChI=1S/C29H46N2O2/c1-18(30-3)13-19-14-22(15-19)31-12-4-5-20-16-21-17-23(32)6-7-24(21)25-10-11-29(2)26(28(20)25)8-9-27(29)33/h6-7,17-20,22,25-28,30-33H,4-5,8-16H2,1-3H3. The van der Waals surface area contributed by atoms with Crippen LogP contribution in [-0.4, -0.2) is 42.0 Å². The Balaban J connectivity index is 1.21. The third kappa shape index (κ3) is 4.48. The highest BCUT2D eigenvalue weighted by Gasteiger charge is 2.56. The fourth-order valence-corrected chi connectivity index (χ4v) is 8.41. The Morgan fingerprint density at radius 1 is 1.18 bits per heavy atom. The van der Waals surface area contributed by atoms with Crippen LogP contribution in [0.4, 0.5) is 0 Å². The molecule has 1 aromatic rings. The quantitative estimate of drug-likeness (QED) is 0.418. The van der Waals surface area contributed by atoms with Gasteiger partial charge in [0, 0.05) is 12.1 Å². The van der Waals surface area contributed by atoms with E-state index in [1.807, 2.05) is 12.1 Å². The molecule has 5 rings (SSSR count). The first kappa shape index (κ1) is 23.6. The number of hydrogen-bond acceptors (Lipinski definition) is 4. The highest BCUT2D eigenvalue weighted by atomic mass is 16.3. The molecule has 0 saturated heterocycles. The maximum atomic E-state index is 10.8. The minimum absolute atomic E-state index is 0.109. The average molecular weight is 455 g/mol. The average Bonchev–Trinajstić information content (AvgIpc) is 3.08. The third-order valence-corrected chi connectivity index (χ3v) is 10.4. The summed E-state index contributed by atoms with van der Waals surface area (Å²) in [5.41, 5.74) is 2.99. The smallest absolute Gasteiger partial charge is 0.115 e. The predicted octanol–water partition coefficient (Wildman–Crippen LogP) is 4.98. The normalized spacial score (nSPS) is 40.4. The Labute approximate surface area is 200 Å². The van der Waals surface area contributed by atoms with Crippen LogP contribution in [0.25, 0.3) is 0 Å². The Kier molecular flexibility index (Phi) is 6.81. The van der Waals surface area contributed by atoms with Gasteiger partial charge in [-0.25, -0.2) is 0 Å². The van der Waals surface area contributed by atoms with E-state index in [-0.39, 0.29) is 11.5 Å². The minimum atomic E-state index is -0.121. The second-order valence-electron chi connectivity index (χ2n) is 12.3. The van der Waals surface area contributed by atoms with Gasteiger partial charge in [-0.15, -0.1) is 0 Å². The molecule has 4 heteroatoms. The van der Waals surface area contributed by atoms with Gasteiger partial charge < -0.3 is 20.8 Å². The molecule has 1 aromatic carbocycles. The van der Waals surface area contributed by atoms with Crippen LogP contribution in [0.15, 0.2) is 18.2 Å². The van der Waals surface area contributed by atoms with E-state index in [4.69, 9.17) is 0 Å². The van der Waals surface area contributed by atoms with Crippen LogP contribution >= 0.6 is 0 Å². The SMILES string of the molecule is CNC(C)CC1CC(NCCCC2Cc3cc(O)ccc3C3CCC4(C)C(O)CCC4C23)C1. The van der Waals surface area contributed by atoms with Crippen LogP contribution in [0.5, 0.6) is 5.75 Å². The monoisotopic (exact) mass is 454 g/mol. The van der Waals surface area contributed by atoms with E-state index < -0.39 is 0 Å². The number of aromatic hydroxyl groups is 1. The van der Waals surface area contributed by atoms with E-state index in [1.165, 1.54) is 56.1 Å². The van der Waals surface area contributed by atoms with E-state index in [9.17, 15) is 10.2 Å². The van der Waals surface area contributed by atoms with E-state index in [1.54, 1.807) is 0 Å². The number of fused-ring (bicyclic) bond motifs is 5. The van der Waals surface area contributed by atoms with Crippen molar-refractivity contribution in [2.75, 3.05) is 13.6 Å². The van der Waals surface area contributed by atoms with Crippen molar-refractivity contribution in [2.24, 2.45) is 29.1 Å². The molecule has 4 nitrogen and oxygen atoms in total. The summed E-state index contributed by atoms with van der Waals surface area (Å²) in [5, 5.41) is 28.2. The molecule has 7 unspecified atom stereocenters. The zero-order valence-corrected chi connectivity index (χ0v) is 21.0. The van der Waals surface area contributed by atoms with E-state index in [2.05, 4.69) is 37.6 Å². The number of hydrogen-bond donors (Lipinski definition) is 4. The molecule has 7 atom stereocenters. The molecule has 4 aliphatic rings. The Hall–Kier alpha value is -1.10. The van der Waals surface area contributed by atoms with Crippen LogP contribution in [0.2, 0.25) is 0 Å². The predicted molar refractivity (Wildman–Crippen MR) is 134 cm³/mol. The molecule has 0 bridgehead atoms. The molecule has 3 saturated carbocycles. The van der Waals surface area contributed by atoms with Crippen molar-refractivity contribution in [3.05, 3.63) is 29.3 Å². The molecule has 3 fully saturated rings. The number of aliphatic hydroxyl groups excluding tert-OH is 1. The molecular formula is C29H46N2O2. The number of benzene rings is 1. The molecule has 184 valence electrons. The first-order valence-corrected chi connectivity index (χ1v) is 13.8. The first-order valence-electron chi connectivity index (χ1n) is 13.8. The summed E-state index contributed by atoms with van der Waals surface area (Å²) in [6.45, 7) is 5.79. The van der Waals surface area contributed by atoms with Gasteiger partial charge in [-0.05, 0) is 143 Å². The van der Waals surface area contributed by atoms with Crippen molar-refractivity contribution in [3.63, 3.8) is 0 Å². The lowest BCUT2D eigenvalue weighted by Crippen LogP contribution is -2.47. The summed E-state index contributed by atoms with van der Waals surface area (Å²) in [6, 6.07) is 7.48. The summed E-state index contributed by atoms with van der Waals surface area (Å²) < 4.78 is 0. The van der Waals surface area contributed by atoms with Crippen molar-refractivity contribution in [2.45, 2.75) is 102 Å². The number of phenolic OH excluding ortho intramolecular Hbond substituents is 1. The van der Waals surface area contributed by atoms with Gasteiger partial charge in [-0.3, -0.25) is 0 Å². The number of rotatable bonds is 8. The second kappa shape index (κ2) is 9.51. The van der Waals surface area contributed by atoms with Crippen LogP contribution in [0, 0.1) is 29.1 Å². The van der Waals surface area contributed by atoms with Crippen LogP contribution in [-0.2, 0) is 6.42 Å². The fourth-order valence-electron chi connectivity index (χ4n) is 8.41. The zero-order chi connectivity index (χ0) is 23.2. The summed E-state index contributed by atoms with van der Waals surface area (Å²) in [7, 11) is 2.07. The third-order valence-electron chi connectivity index (χ3n) is 10.4. The highest BCUT2D eigenvalue weighted by molar-refractivity contribution is 5.40. The molecule has 33 heavy (non-hydrogen) atoms. The largest absolute Gasteiger partial charge is 0.508 e. The molecule has 0 aliphatic heterocycles.